The number of aliphatic hydroxyl groups is 1. The molecule has 7 nitrogen and oxygen atoms in total. The van der Waals surface area contributed by atoms with E-state index in [1.807, 2.05) is 20.8 Å². The smallest absolute Gasteiger partial charge is 0.247 e. The van der Waals surface area contributed by atoms with Gasteiger partial charge in [-0.25, -0.2) is 0 Å². The highest BCUT2D eigenvalue weighted by molar-refractivity contribution is 8.02. The van der Waals surface area contributed by atoms with Gasteiger partial charge in [0.25, 0.3) is 0 Å². The summed E-state index contributed by atoms with van der Waals surface area (Å²) >= 11 is 1.65. The first kappa shape index (κ1) is 25.8. The van der Waals surface area contributed by atoms with Crippen LogP contribution in [0.3, 0.4) is 0 Å². The Hall–Kier alpha value is -1.80. The van der Waals surface area contributed by atoms with E-state index in [4.69, 9.17) is 0 Å². The van der Waals surface area contributed by atoms with Gasteiger partial charge in [0.2, 0.25) is 17.7 Å². The van der Waals surface area contributed by atoms with E-state index >= 15 is 0 Å². The minimum Gasteiger partial charge on any atom is -0.394 e. The Bertz CT molecular complexity index is 855. The molecule has 6 atom stereocenters. The Morgan fingerprint density at radius 2 is 1.85 bits per heavy atom. The Labute approximate surface area is 202 Å². The molecule has 0 aliphatic carbocycles. The van der Waals surface area contributed by atoms with Crippen molar-refractivity contribution in [1.29, 1.82) is 0 Å². The molecule has 33 heavy (non-hydrogen) atoms. The predicted molar refractivity (Wildman–Crippen MR) is 132 cm³/mol. The Kier molecular flexibility index (Phi) is 6.86. The van der Waals surface area contributed by atoms with Gasteiger partial charge in [-0.3, -0.25) is 14.4 Å². The molecule has 1 N–H and O–H groups in total. The van der Waals surface area contributed by atoms with E-state index in [2.05, 4.69) is 20.1 Å². The van der Waals surface area contributed by atoms with Crippen LogP contribution in [0, 0.1) is 11.8 Å². The van der Waals surface area contributed by atoms with Crippen molar-refractivity contribution in [2.75, 3.05) is 26.7 Å². The second-order valence-electron chi connectivity index (χ2n) is 10.9. The van der Waals surface area contributed by atoms with Crippen LogP contribution in [0.4, 0.5) is 0 Å². The first-order valence-corrected chi connectivity index (χ1v) is 12.5. The molecule has 0 aromatic heterocycles. The molecule has 3 aliphatic heterocycles. The second kappa shape index (κ2) is 8.77. The molecule has 3 amide bonds. The highest BCUT2D eigenvalue weighted by Gasteiger charge is 2.77. The molecular weight excluding hydrogens is 438 g/mol. The number of carbonyl (C=O) groups is 3. The maximum absolute atomic E-state index is 14.2. The third-order valence-corrected chi connectivity index (χ3v) is 9.61. The van der Waals surface area contributed by atoms with Crippen LogP contribution in [0.25, 0.3) is 0 Å². The second-order valence-corrected chi connectivity index (χ2v) is 12.8. The average Bonchev–Trinajstić information content (AvgIpc) is 3.30. The fourth-order valence-corrected chi connectivity index (χ4v) is 8.40. The summed E-state index contributed by atoms with van der Waals surface area (Å²) in [7, 11) is 1.73. The lowest BCUT2D eigenvalue weighted by Crippen LogP contribution is -2.60. The Morgan fingerprint density at radius 1 is 1.24 bits per heavy atom. The first-order chi connectivity index (χ1) is 15.3. The van der Waals surface area contributed by atoms with E-state index in [-0.39, 0.29) is 24.3 Å². The highest BCUT2D eigenvalue weighted by atomic mass is 32.2. The number of hydrogen-bond donors (Lipinski definition) is 1. The topological polar surface area (TPSA) is 81.2 Å². The van der Waals surface area contributed by atoms with Gasteiger partial charge >= 0.3 is 0 Å². The summed E-state index contributed by atoms with van der Waals surface area (Å²) in [6.07, 6.45) is 4.83. The summed E-state index contributed by atoms with van der Waals surface area (Å²) in [5.74, 6) is -1.50. The van der Waals surface area contributed by atoms with Gasteiger partial charge in [-0.1, -0.05) is 12.2 Å². The molecule has 2 bridgehead atoms. The van der Waals surface area contributed by atoms with E-state index in [1.54, 1.807) is 52.6 Å². The lowest BCUT2D eigenvalue weighted by Gasteiger charge is -2.43. The molecule has 3 fully saturated rings. The van der Waals surface area contributed by atoms with Gasteiger partial charge in [0, 0.05) is 30.4 Å². The summed E-state index contributed by atoms with van der Waals surface area (Å²) in [5, 5.41) is 10.0. The van der Waals surface area contributed by atoms with Crippen molar-refractivity contribution >= 4 is 29.5 Å². The molecule has 8 heteroatoms. The molecule has 0 aromatic carbocycles. The number of nitrogens with zero attached hydrogens (tertiary/aromatic N) is 3. The van der Waals surface area contributed by atoms with Crippen molar-refractivity contribution in [3.63, 3.8) is 0 Å². The number of carbonyl (C=O) groups excluding carboxylic acids is 3. The van der Waals surface area contributed by atoms with Gasteiger partial charge in [-0.05, 0) is 47.5 Å². The summed E-state index contributed by atoms with van der Waals surface area (Å²) in [6.45, 7) is 17.8. The van der Waals surface area contributed by atoms with Crippen molar-refractivity contribution in [3.8, 4) is 0 Å². The van der Waals surface area contributed by atoms with Crippen LogP contribution in [-0.4, -0.2) is 91.4 Å². The molecular formula is C25H39N3O4S. The average molecular weight is 478 g/mol. The summed E-state index contributed by atoms with van der Waals surface area (Å²) in [5.41, 5.74) is -0.470. The van der Waals surface area contributed by atoms with E-state index in [0.29, 0.717) is 19.5 Å². The van der Waals surface area contributed by atoms with Crippen molar-refractivity contribution in [2.24, 2.45) is 11.8 Å². The fraction of sp³-hybridized carbons (Fsp3) is 0.720. The van der Waals surface area contributed by atoms with Gasteiger partial charge in [-0.2, -0.15) is 0 Å². The zero-order valence-electron chi connectivity index (χ0n) is 20.8. The van der Waals surface area contributed by atoms with Crippen molar-refractivity contribution in [2.45, 2.75) is 74.6 Å². The van der Waals surface area contributed by atoms with Crippen LogP contribution in [-0.2, 0) is 14.4 Å². The van der Waals surface area contributed by atoms with Crippen molar-refractivity contribution in [3.05, 3.63) is 25.3 Å². The molecule has 3 rings (SSSR count). The monoisotopic (exact) mass is 477 g/mol. The first-order valence-electron chi connectivity index (χ1n) is 11.7. The summed E-state index contributed by atoms with van der Waals surface area (Å²) in [4.78, 5) is 46.7. The summed E-state index contributed by atoms with van der Waals surface area (Å²) in [6, 6.07) is -1.25. The molecule has 184 valence electrons. The maximum atomic E-state index is 14.2. The molecule has 0 saturated carbocycles. The number of rotatable bonds is 8. The van der Waals surface area contributed by atoms with E-state index in [9.17, 15) is 19.5 Å². The number of amides is 3. The van der Waals surface area contributed by atoms with Crippen LogP contribution in [0.1, 0.15) is 47.5 Å². The van der Waals surface area contributed by atoms with Crippen LogP contribution < -0.4 is 0 Å². The van der Waals surface area contributed by atoms with Crippen LogP contribution in [0.2, 0.25) is 0 Å². The number of aliphatic hydroxyl groups excluding tert-OH is 1. The molecule has 3 saturated heterocycles. The van der Waals surface area contributed by atoms with Gasteiger partial charge in [-0.15, -0.1) is 24.9 Å². The minimum absolute atomic E-state index is 0.0757. The highest BCUT2D eigenvalue weighted by Crippen LogP contribution is 2.71. The number of thioether (sulfide) groups is 1. The predicted octanol–water partition coefficient (Wildman–Crippen LogP) is 2.31. The normalized spacial score (nSPS) is 33.6. The van der Waals surface area contributed by atoms with Gasteiger partial charge in [0.1, 0.15) is 6.04 Å². The standard InChI is InChI=1S/C25H39N3O4S/c1-9-13-26(8)20(30)17-18-21(31)28(16(3)15-29)19(25(18)12-11-24(17,7)33-25)22(32)27(14-10-2)23(4,5)6/h9-10,16-19,29H,1-2,11-15H2,3-8H3/t16-,17+,18+,19?,24-,25?/m1/s1. The molecule has 0 aromatic rings. The van der Waals surface area contributed by atoms with Crippen molar-refractivity contribution < 1.29 is 19.5 Å². The van der Waals surface area contributed by atoms with Gasteiger partial charge in [0.05, 0.1) is 29.2 Å². The molecule has 0 radical (unpaired) electrons. The molecule has 3 aliphatic rings. The molecule has 2 unspecified atom stereocenters. The van der Waals surface area contributed by atoms with Gasteiger partial charge < -0.3 is 19.8 Å². The van der Waals surface area contributed by atoms with E-state index < -0.39 is 39.0 Å². The lowest BCUT2D eigenvalue weighted by atomic mass is 9.66. The quantitative estimate of drug-likeness (QED) is 0.543. The Balaban J connectivity index is 2.14. The molecule has 3 heterocycles. The number of likely N-dealkylation sites (tertiary alicyclic amines) is 1. The summed E-state index contributed by atoms with van der Waals surface area (Å²) < 4.78 is -1.10. The number of likely N-dealkylation sites (N-methyl/N-ethyl adjacent to an activating group) is 1. The number of fused-ring (bicyclic) bond motifs is 1. The van der Waals surface area contributed by atoms with Crippen molar-refractivity contribution in [1.82, 2.24) is 14.7 Å². The zero-order valence-corrected chi connectivity index (χ0v) is 21.7. The third kappa shape index (κ3) is 3.83. The third-order valence-electron chi connectivity index (χ3n) is 7.62. The Morgan fingerprint density at radius 3 is 2.36 bits per heavy atom. The van der Waals surface area contributed by atoms with E-state index in [1.165, 1.54) is 0 Å². The largest absolute Gasteiger partial charge is 0.394 e. The maximum Gasteiger partial charge on any atom is 0.247 e. The SMILES string of the molecule is C=CCN(C)C(=O)[C@@H]1[C@H]2C(=O)N([C@H](C)CO)C(C(=O)N(CC=C)C(C)(C)C)C23CC[C@@]1(C)S3. The van der Waals surface area contributed by atoms with Crippen LogP contribution in [0.5, 0.6) is 0 Å². The minimum atomic E-state index is -0.731. The molecule has 1 spiro atoms. The van der Waals surface area contributed by atoms with Crippen LogP contribution in [0.15, 0.2) is 25.3 Å². The van der Waals surface area contributed by atoms with E-state index in [0.717, 1.165) is 6.42 Å². The number of hydrogen-bond acceptors (Lipinski definition) is 5. The fourth-order valence-electron chi connectivity index (χ4n) is 6.07. The van der Waals surface area contributed by atoms with Gasteiger partial charge in [0.15, 0.2) is 0 Å². The zero-order chi connectivity index (χ0) is 24.9. The lowest BCUT2D eigenvalue weighted by molar-refractivity contribution is -0.148. The van der Waals surface area contributed by atoms with Crippen LogP contribution >= 0.6 is 11.8 Å².